The zero-order valence-electron chi connectivity index (χ0n) is 10.9. The number of ether oxygens (including phenoxy) is 1. The molecule has 1 aliphatic heterocycles. The molecule has 0 bridgehead atoms. The Labute approximate surface area is 98.5 Å². The molecule has 4 heteroatoms. The van der Waals surface area contributed by atoms with Gasteiger partial charge in [0.25, 0.3) is 0 Å². The predicted octanol–water partition coefficient (Wildman–Crippen LogP) is 0.964. The second-order valence-corrected chi connectivity index (χ2v) is 4.94. The van der Waals surface area contributed by atoms with E-state index in [1.807, 2.05) is 18.7 Å². The highest BCUT2D eigenvalue weighted by Gasteiger charge is 2.23. The van der Waals surface area contributed by atoms with E-state index in [1.165, 1.54) is 0 Å². The van der Waals surface area contributed by atoms with Crippen molar-refractivity contribution < 1.29 is 9.53 Å². The molecule has 1 heterocycles. The average Bonchev–Trinajstić information content (AvgIpc) is 2.26. The molecule has 0 radical (unpaired) electrons. The Morgan fingerprint density at radius 1 is 1.38 bits per heavy atom. The van der Waals surface area contributed by atoms with Crippen LogP contribution in [0, 0.1) is 0 Å². The summed E-state index contributed by atoms with van der Waals surface area (Å²) in [5.74, 6) is 0.130. The minimum Gasteiger partial charge on any atom is -0.369 e. The van der Waals surface area contributed by atoms with Crippen LogP contribution in [0.4, 0.5) is 0 Å². The zero-order chi connectivity index (χ0) is 12.1. The Morgan fingerprint density at radius 3 is 2.38 bits per heavy atom. The quantitative estimate of drug-likeness (QED) is 0.718. The van der Waals surface area contributed by atoms with Crippen LogP contribution in [0.1, 0.15) is 26.7 Å². The maximum Gasteiger partial charge on any atom is 0.248 e. The van der Waals surface area contributed by atoms with Gasteiger partial charge in [0.1, 0.15) is 6.61 Å². The number of carbonyl (C=O) groups is 1. The summed E-state index contributed by atoms with van der Waals surface area (Å²) in [7, 11) is 4.20. The Bertz CT molecular complexity index is 221. The van der Waals surface area contributed by atoms with Crippen molar-refractivity contribution in [1.82, 2.24) is 9.80 Å². The number of carbonyl (C=O) groups excluding carboxylic acids is 1. The third-order valence-electron chi connectivity index (χ3n) is 3.09. The lowest BCUT2D eigenvalue weighted by molar-refractivity contribution is -0.139. The number of rotatable bonds is 4. The van der Waals surface area contributed by atoms with Crippen LogP contribution in [0.15, 0.2) is 0 Å². The predicted molar refractivity (Wildman–Crippen MR) is 64.4 cm³/mol. The van der Waals surface area contributed by atoms with Crippen molar-refractivity contribution >= 4 is 5.91 Å². The molecule has 4 nitrogen and oxygen atoms in total. The normalized spacial score (nSPS) is 18.5. The Hall–Kier alpha value is -0.610. The Kier molecular flexibility index (Phi) is 5.22. The van der Waals surface area contributed by atoms with Crippen molar-refractivity contribution in [2.24, 2.45) is 0 Å². The summed E-state index contributed by atoms with van der Waals surface area (Å²) in [6, 6.07) is 0.620. The first-order valence-corrected chi connectivity index (χ1v) is 6.06. The van der Waals surface area contributed by atoms with E-state index in [4.69, 9.17) is 4.74 Å². The molecule has 94 valence electrons. The molecule has 0 aromatic carbocycles. The smallest absolute Gasteiger partial charge is 0.248 e. The number of amides is 1. The van der Waals surface area contributed by atoms with E-state index >= 15 is 0 Å². The molecule has 16 heavy (non-hydrogen) atoms. The molecular weight excluding hydrogens is 204 g/mol. The van der Waals surface area contributed by atoms with Crippen molar-refractivity contribution in [2.75, 3.05) is 33.8 Å². The van der Waals surface area contributed by atoms with Crippen molar-refractivity contribution in [3.8, 4) is 0 Å². The molecule has 0 aliphatic carbocycles. The lowest BCUT2D eigenvalue weighted by Gasteiger charge is -2.35. The molecule has 1 amide bonds. The summed E-state index contributed by atoms with van der Waals surface area (Å²) >= 11 is 0. The van der Waals surface area contributed by atoms with E-state index in [0.29, 0.717) is 6.04 Å². The highest BCUT2D eigenvalue weighted by Crippen LogP contribution is 2.14. The first kappa shape index (κ1) is 13.5. The topological polar surface area (TPSA) is 32.8 Å². The van der Waals surface area contributed by atoms with E-state index in [2.05, 4.69) is 19.0 Å². The molecule has 0 saturated carbocycles. The Morgan fingerprint density at radius 2 is 1.94 bits per heavy atom. The van der Waals surface area contributed by atoms with Gasteiger partial charge in [-0.05, 0) is 40.8 Å². The van der Waals surface area contributed by atoms with Crippen LogP contribution in [-0.2, 0) is 9.53 Å². The molecule has 1 rings (SSSR count). The summed E-state index contributed by atoms with van der Waals surface area (Å²) in [4.78, 5) is 15.9. The second kappa shape index (κ2) is 6.21. The van der Waals surface area contributed by atoms with Crippen LogP contribution in [0.2, 0.25) is 0 Å². The minimum atomic E-state index is 0.128. The number of piperidine rings is 1. The lowest BCUT2D eigenvalue weighted by Crippen LogP contribution is -2.45. The molecule has 0 unspecified atom stereocenters. The van der Waals surface area contributed by atoms with Crippen LogP contribution in [0.3, 0.4) is 0 Å². The zero-order valence-corrected chi connectivity index (χ0v) is 10.9. The van der Waals surface area contributed by atoms with Gasteiger partial charge in [-0.1, -0.05) is 0 Å². The van der Waals surface area contributed by atoms with Crippen LogP contribution < -0.4 is 0 Å². The van der Waals surface area contributed by atoms with Gasteiger partial charge < -0.3 is 14.5 Å². The molecule has 1 fully saturated rings. The summed E-state index contributed by atoms with van der Waals surface area (Å²) in [6.45, 7) is 5.85. The number of likely N-dealkylation sites (tertiary alicyclic amines) is 1. The van der Waals surface area contributed by atoms with E-state index in [0.717, 1.165) is 25.9 Å². The lowest BCUT2D eigenvalue weighted by atomic mass is 10.0. The van der Waals surface area contributed by atoms with Crippen LogP contribution in [0.5, 0.6) is 0 Å². The summed E-state index contributed by atoms with van der Waals surface area (Å²) in [5.41, 5.74) is 0. The molecule has 0 aromatic heterocycles. The minimum absolute atomic E-state index is 0.128. The maximum atomic E-state index is 11.8. The fourth-order valence-corrected chi connectivity index (χ4v) is 1.96. The van der Waals surface area contributed by atoms with Gasteiger partial charge in [0.15, 0.2) is 0 Å². The van der Waals surface area contributed by atoms with Gasteiger partial charge in [0.05, 0.1) is 6.10 Å². The average molecular weight is 228 g/mol. The fourth-order valence-electron chi connectivity index (χ4n) is 1.96. The number of nitrogens with zero attached hydrogens (tertiary/aromatic N) is 2. The molecule has 1 aliphatic rings. The third kappa shape index (κ3) is 4.10. The van der Waals surface area contributed by atoms with E-state index < -0.39 is 0 Å². The standard InChI is InChI=1S/C12H24N2O2/c1-10(2)16-9-12(15)14-7-5-11(6-8-14)13(3)4/h10-11H,5-9H2,1-4H3. The SMILES string of the molecule is CC(C)OCC(=O)N1CCC(N(C)C)CC1. The molecule has 0 aromatic rings. The largest absolute Gasteiger partial charge is 0.369 e. The molecule has 1 saturated heterocycles. The van der Waals surface area contributed by atoms with Crippen LogP contribution in [-0.4, -0.2) is 61.6 Å². The van der Waals surface area contributed by atoms with Gasteiger partial charge in [-0.15, -0.1) is 0 Å². The van der Waals surface area contributed by atoms with Gasteiger partial charge >= 0.3 is 0 Å². The van der Waals surface area contributed by atoms with E-state index in [9.17, 15) is 4.79 Å². The van der Waals surface area contributed by atoms with Crippen molar-refractivity contribution in [1.29, 1.82) is 0 Å². The molecule has 0 N–H and O–H groups in total. The Balaban J connectivity index is 2.27. The van der Waals surface area contributed by atoms with E-state index in [1.54, 1.807) is 0 Å². The summed E-state index contributed by atoms with van der Waals surface area (Å²) < 4.78 is 5.33. The number of hydrogen-bond acceptors (Lipinski definition) is 3. The fraction of sp³-hybridized carbons (Fsp3) is 0.917. The van der Waals surface area contributed by atoms with E-state index in [-0.39, 0.29) is 18.6 Å². The van der Waals surface area contributed by atoms with Gasteiger partial charge in [-0.2, -0.15) is 0 Å². The van der Waals surface area contributed by atoms with Crippen molar-refractivity contribution in [3.05, 3.63) is 0 Å². The summed E-state index contributed by atoms with van der Waals surface area (Å²) in [6.07, 6.45) is 2.27. The van der Waals surface area contributed by atoms with Crippen molar-refractivity contribution in [3.63, 3.8) is 0 Å². The second-order valence-electron chi connectivity index (χ2n) is 4.94. The maximum absolute atomic E-state index is 11.8. The van der Waals surface area contributed by atoms with Gasteiger partial charge in [-0.3, -0.25) is 4.79 Å². The molecular formula is C12H24N2O2. The van der Waals surface area contributed by atoms with Crippen LogP contribution in [0.25, 0.3) is 0 Å². The van der Waals surface area contributed by atoms with Gasteiger partial charge in [0, 0.05) is 19.1 Å². The van der Waals surface area contributed by atoms with Gasteiger partial charge in [0.2, 0.25) is 5.91 Å². The van der Waals surface area contributed by atoms with Crippen LogP contribution >= 0.6 is 0 Å². The monoisotopic (exact) mass is 228 g/mol. The van der Waals surface area contributed by atoms with Gasteiger partial charge in [-0.25, -0.2) is 0 Å². The number of hydrogen-bond donors (Lipinski definition) is 0. The summed E-state index contributed by atoms with van der Waals surface area (Å²) in [5, 5.41) is 0. The third-order valence-corrected chi connectivity index (χ3v) is 3.09. The highest BCUT2D eigenvalue weighted by molar-refractivity contribution is 5.77. The van der Waals surface area contributed by atoms with Crippen molar-refractivity contribution in [2.45, 2.75) is 38.8 Å². The molecule has 0 spiro atoms. The highest BCUT2D eigenvalue weighted by atomic mass is 16.5. The first-order valence-electron chi connectivity index (χ1n) is 6.06. The first-order chi connectivity index (χ1) is 7.50. The molecule has 0 atom stereocenters.